The molecule has 7 heteroatoms. The van der Waals surface area contributed by atoms with E-state index in [0.29, 0.717) is 0 Å². The molecule has 166 valence electrons. The topological polar surface area (TPSA) is 57.9 Å². The monoisotopic (exact) mass is 425 g/mol. The molecule has 4 rings (SSSR count). The molecule has 1 atom stereocenters. The first-order valence-corrected chi connectivity index (χ1v) is 10.7. The number of methoxy groups -OCH3 is 2. The molecule has 0 amide bonds. The summed E-state index contributed by atoms with van der Waals surface area (Å²) in [5.74, 6) is 1.46. The van der Waals surface area contributed by atoms with Gasteiger partial charge >= 0.3 is 5.69 Å². The van der Waals surface area contributed by atoms with Crippen molar-refractivity contribution in [3.8, 4) is 11.5 Å². The molecule has 0 N–H and O–H groups in total. The van der Waals surface area contributed by atoms with E-state index in [4.69, 9.17) is 14.2 Å². The second-order valence-electron chi connectivity index (χ2n) is 8.22. The van der Waals surface area contributed by atoms with E-state index < -0.39 is 0 Å². The third kappa shape index (κ3) is 4.48. The van der Waals surface area contributed by atoms with Gasteiger partial charge in [-0.3, -0.25) is 14.0 Å². The second kappa shape index (κ2) is 9.16. The first-order valence-electron chi connectivity index (χ1n) is 10.7. The summed E-state index contributed by atoms with van der Waals surface area (Å²) in [6.07, 6.45) is 2.46. The molecule has 2 aromatic carbocycles. The molecule has 1 saturated heterocycles. The molecule has 0 bridgehead atoms. The Morgan fingerprint density at radius 1 is 0.968 bits per heavy atom. The maximum atomic E-state index is 12.3. The van der Waals surface area contributed by atoms with Gasteiger partial charge in [-0.15, -0.1) is 0 Å². The predicted molar refractivity (Wildman–Crippen MR) is 121 cm³/mol. The van der Waals surface area contributed by atoms with E-state index in [2.05, 4.69) is 23.1 Å². The van der Waals surface area contributed by atoms with Gasteiger partial charge in [-0.1, -0.05) is 12.1 Å². The Bertz CT molecular complexity index is 1110. The van der Waals surface area contributed by atoms with E-state index in [9.17, 15) is 4.79 Å². The molecule has 7 nitrogen and oxygen atoms in total. The highest BCUT2D eigenvalue weighted by molar-refractivity contribution is 5.76. The Balaban J connectivity index is 1.60. The van der Waals surface area contributed by atoms with Crippen LogP contribution < -0.4 is 15.2 Å². The molecule has 2 heterocycles. The van der Waals surface area contributed by atoms with Crippen LogP contribution in [0.25, 0.3) is 11.0 Å². The summed E-state index contributed by atoms with van der Waals surface area (Å²) in [5, 5.41) is 0. The fourth-order valence-electron chi connectivity index (χ4n) is 4.41. The van der Waals surface area contributed by atoms with Crippen molar-refractivity contribution in [2.24, 2.45) is 14.1 Å². The lowest BCUT2D eigenvalue weighted by Crippen LogP contribution is -2.31. The number of imidazole rings is 1. The molecule has 0 radical (unpaired) electrons. The predicted octanol–water partition coefficient (Wildman–Crippen LogP) is 3.08. The van der Waals surface area contributed by atoms with E-state index in [0.717, 1.165) is 67.2 Å². The summed E-state index contributed by atoms with van der Waals surface area (Å²) in [5.41, 5.74) is 4.22. The number of aromatic nitrogens is 2. The summed E-state index contributed by atoms with van der Waals surface area (Å²) in [6, 6.07) is 12.3. The third-order valence-electron chi connectivity index (χ3n) is 6.08. The van der Waals surface area contributed by atoms with Crippen LogP contribution in [0.4, 0.5) is 0 Å². The van der Waals surface area contributed by atoms with Crippen molar-refractivity contribution in [3.05, 3.63) is 58.0 Å². The van der Waals surface area contributed by atoms with Gasteiger partial charge in [0.15, 0.2) is 11.5 Å². The number of aryl methyl sites for hydroxylation is 2. The van der Waals surface area contributed by atoms with Gasteiger partial charge in [-0.25, -0.2) is 4.79 Å². The summed E-state index contributed by atoms with van der Waals surface area (Å²) in [4.78, 5) is 14.7. The quantitative estimate of drug-likeness (QED) is 0.555. The molecular formula is C24H31N3O4. The average Bonchev–Trinajstić information content (AvgIpc) is 3.36. The molecular weight excluding hydrogens is 394 g/mol. The minimum Gasteiger partial charge on any atom is -0.493 e. The SMILES string of the molecule is COc1ccc(CN(Cc2ccc3c(c2)n(C)c(=O)n3C)CC2CCCO2)cc1OC. The van der Waals surface area contributed by atoms with Crippen molar-refractivity contribution in [2.45, 2.75) is 32.0 Å². The molecule has 3 aromatic rings. The largest absolute Gasteiger partial charge is 0.493 e. The Morgan fingerprint density at radius 3 is 2.32 bits per heavy atom. The highest BCUT2D eigenvalue weighted by Crippen LogP contribution is 2.28. The van der Waals surface area contributed by atoms with Gasteiger partial charge in [-0.2, -0.15) is 0 Å². The zero-order chi connectivity index (χ0) is 22.0. The number of hydrogen-bond acceptors (Lipinski definition) is 5. The van der Waals surface area contributed by atoms with E-state index in [1.807, 2.05) is 32.3 Å². The fourth-order valence-corrected chi connectivity index (χ4v) is 4.41. The summed E-state index contributed by atoms with van der Waals surface area (Å²) >= 11 is 0. The second-order valence-corrected chi connectivity index (χ2v) is 8.22. The van der Waals surface area contributed by atoms with E-state index in [1.54, 1.807) is 23.4 Å². The van der Waals surface area contributed by atoms with Crippen molar-refractivity contribution < 1.29 is 14.2 Å². The molecule has 1 fully saturated rings. The number of nitrogens with zero attached hydrogens (tertiary/aromatic N) is 3. The van der Waals surface area contributed by atoms with Crippen LogP contribution in [0.3, 0.4) is 0 Å². The fraction of sp³-hybridized carbons (Fsp3) is 0.458. The van der Waals surface area contributed by atoms with Gasteiger partial charge in [-0.05, 0) is 48.2 Å². The normalized spacial score (nSPS) is 16.4. The number of hydrogen-bond donors (Lipinski definition) is 0. The maximum Gasteiger partial charge on any atom is 0.328 e. The number of fused-ring (bicyclic) bond motifs is 1. The minimum atomic E-state index is -0.00584. The smallest absolute Gasteiger partial charge is 0.328 e. The van der Waals surface area contributed by atoms with Crippen LogP contribution in [0.15, 0.2) is 41.2 Å². The zero-order valence-corrected chi connectivity index (χ0v) is 18.8. The Kier molecular flexibility index (Phi) is 6.34. The summed E-state index contributed by atoms with van der Waals surface area (Å²) in [7, 11) is 6.94. The van der Waals surface area contributed by atoms with Crippen LogP contribution in [-0.2, 0) is 31.9 Å². The van der Waals surface area contributed by atoms with E-state index >= 15 is 0 Å². The molecule has 1 aliphatic heterocycles. The van der Waals surface area contributed by atoms with Gasteiger partial charge in [0.1, 0.15) is 0 Å². The Morgan fingerprint density at radius 2 is 1.65 bits per heavy atom. The summed E-state index contributed by atoms with van der Waals surface area (Å²) in [6.45, 7) is 3.24. The van der Waals surface area contributed by atoms with Crippen LogP contribution in [0.5, 0.6) is 11.5 Å². The van der Waals surface area contributed by atoms with Gasteiger partial charge in [0.25, 0.3) is 0 Å². The standard InChI is InChI=1S/C24H31N3O4/c1-25-20-9-7-17(12-21(20)26(2)24(25)28)14-27(16-19-6-5-11-31-19)15-18-8-10-22(29-3)23(13-18)30-4/h7-10,12-13,19H,5-6,11,14-16H2,1-4H3. The highest BCUT2D eigenvalue weighted by atomic mass is 16.5. The molecule has 1 aliphatic rings. The van der Waals surface area contributed by atoms with Crippen LogP contribution in [-0.4, -0.2) is 47.5 Å². The van der Waals surface area contributed by atoms with Crippen molar-refractivity contribution in [2.75, 3.05) is 27.4 Å². The maximum absolute atomic E-state index is 12.3. The first kappa shape index (κ1) is 21.5. The third-order valence-corrected chi connectivity index (χ3v) is 6.08. The molecule has 1 aromatic heterocycles. The van der Waals surface area contributed by atoms with Crippen molar-refractivity contribution in [3.63, 3.8) is 0 Å². The van der Waals surface area contributed by atoms with E-state index in [1.165, 1.54) is 5.56 Å². The molecule has 0 saturated carbocycles. The molecule has 1 unspecified atom stereocenters. The van der Waals surface area contributed by atoms with Crippen LogP contribution >= 0.6 is 0 Å². The lowest BCUT2D eigenvalue weighted by molar-refractivity contribution is 0.0679. The molecule has 0 aliphatic carbocycles. The van der Waals surface area contributed by atoms with Crippen LogP contribution in [0.1, 0.15) is 24.0 Å². The van der Waals surface area contributed by atoms with Gasteiger partial charge < -0.3 is 14.2 Å². The van der Waals surface area contributed by atoms with Gasteiger partial charge in [0, 0.05) is 40.3 Å². The Hall–Kier alpha value is -2.77. The van der Waals surface area contributed by atoms with Crippen molar-refractivity contribution in [1.82, 2.24) is 14.0 Å². The number of ether oxygens (including phenoxy) is 3. The lowest BCUT2D eigenvalue weighted by atomic mass is 10.1. The van der Waals surface area contributed by atoms with Crippen LogP contribution in [0.2, 0.25) is 0 Å². The Labute approximate surface area is 182 Å². The molecule has 31 heavy (non-hydrogen) atoms. The van der Waals surface area contributed by atoms with Gasteiger partial charge in [0.2, 0.25) is 0 Å². The number of benzene rings is 2. The number of rotatable bonds is 8. The molecule has 0 spiro atoms. The van der Waals surface area contributed by atoms with Crippen molar-refractivity contribution in [1.29, 1.82) is 0 Å². The van der Waals surface area contributed by atoms with E-state index in [-0.39, 0.29) is 11.8 Å². The summed E-state index contributed by atoms with van der Waals surface area (Å²) < 4.78 is 20.2. The first-order chi connectivity index (χ1) is 15.0. The zero-order valence-electron chi connectivity index (χ0n) is 18.8. The average molecular weight is 426 g/mol. The minimum absolute atomic E-state index is 0.00584. The van der Waals surface area contributed by atoms with Crippen LogP contribution in [0, 0.1) is 0 Å². The lowest BCUT2D eigenvalue weighted by Gasteiger charge is -2.26. The van der Waals surface area contributed by atoms with Gasteiger partial charge in [0.05, 0.1) is 31.4 Å². The van der Waals surface area contributed by atoms with Crippen molar-refractivity contribution >= 4 is 11.0 Å². The highest BCUT2D eigenvalue weighted by Gasteiger charge is 2.20.